The van der Waals surface area contributed by atoms with Gasteiger partial charge in [0.15, 0.2) is 0 Å². The van der Waals surface area contributed by atoms with E-state index in [0.717, 1.165) is 37.6 Å². The Hall–Kier alpha value is -2.32. The van der Waals surface area contributed by atoms with Crippen molar-refractivity contribution in [3.8, 4) is 11.8 Å². The molecule has 3 aromatic carbocycles. The zero-order chi connectivity index (χ0) is 17.6. The molecule has 0 aliphatic carbocycles. The first-order chi connectivity index (χ1) is 12.2. The SMILES string of the molecule is CCCOc1ccc2ccccc2c1/C=C(\C#N)c1ccc(I)cc1. The first-order valence-electron chi connectivity index (χ1n) is 8.25. The molecule has 0 radical (unpaired) electrons. The molecule has 2 nitrogen and oxygen atoms in total. The van der Waals surface area contributed by atoms with E-state index >= 15 is 0 Å². The normalized spacial score (nSPS) is 11.3. The number of ether oxygens (including phenoxy) is 1. The van der Waals surface area contributed by atoms with E-state index in [1.165, 1.54) is 0 Å². The predicted octanol–water partition coefficient (Wildman–Crippen LogP) is 6.30. The fourth-order valence-corrected chi connectivity index (χ4v) is 3.08. The third-order valence-corrected chi connectivity index (χ3v) is 4.68. The number of nitriles is 1. The fourth-order valence-electron chi connectivity index (χ4n) is 2.72. The molecule has 0 fully saturated rings. The minimum atomic E-state index is 0.633. The minimum Gasteiger partial charge on any atom is -0.493 e. The molecule has 0 spiro atoms. The predicted molar refractivity (Wildman–Crippen MR) is 112 cm³/mol. The highest BCUT2D eigenvalue weighted by atomic mass is 127. The molecule has 3 heteroatoms. The van der Waals surface area contributed by atoms with Gasteiger partial charge in [0, 0.05) is 9.13 Å². The van der Waals surface area contributed by atoms with E-state index in [1.807, 2.05) is 48.5 Å². The number of hydrogen-bond donors (Lipinski definition) is 0. The lowest BCUT2D eigenvalue weighted by molar-refractivity contribution is 0.317. The second-order valence-electron chi connectivity index (χ2n) is 5.72. The zero-order valence-corrected chi connectivity index (χ0v) is 16.2. The maximum atomic E-state index is 9.69. The fraction of sp³-hybridized carbons (Fsp3) is 0.136. The molecule has 0 saturated carbocycles. The summed E-state index contributed by atoms with van der Waals surface area (Å²) in [7, 11) is 0. The average Bonchev–Trinajstić information content (AvgIpc) is 2.65. The van der Waals surface area contributed by atoms with Crippen LogP contribution in [0.25, 0.3) is 22.4 Å². The third kappa shape index (κ3) is 4.02. The van der Waals surface area contributed by atoms with Crippen LogP contribution in [0.15, 0.2) is 60.7 Å². The molecule has 3 rings (SSSR count). The minimum absolute atomic E-state index is 0.633. The van der Waals surface area contributed by atoms with Crippen molar-refractivity contribution in [2.45, 2.75) is 13.3 Å². The van der Waals surface area contributed by atoms with Crippen molar-refractivity contribution < 1.29 is 4.74 Å². The first kappa shape index (κ1) is 17.5. The topological polar surface area (TPSA) is 33.0 Å². The van der Waals surface area contributed by atoms with E-state index in [2.05, 4.69) is 53.8 Å². The van der Waals surface area contributed by atoms with Crippen LogP contribution in [0.3, 0.4) is 0 Å². The van der Waals surface area contributed by atoms with E-state index in [4.69, 9.17) is 4.74 Å². The zero-order valence-electron chi connectivity index (χ0n) is 14.0. The summed E-state index contributed by atoms with van der Waals surface area (Å²) in [5.74, 6) is 0.818. The van der Waals surface area contributed by atoms with Gasteiger partial charge in [-0.1, -0.05) is 49.4 Å². The van der Waals surface area contributed by atoms with Crippen LogP contribution in [0.1, 0.15) is 24.5 Å². The number of allylic oxidation sites excluding steroid dienone is 1. The van der Waals surface area contributed by atoms with Crippen molar-refractivity contribution in [2.75, 3.05) is 6.61 Å². The summed E-state index contributed by atoms with van der Waals surface area (Å²) in [6, 6.07) is 22.6. The van der Waals surface area contributed by atoms with Gasteiger partial charge in [-0.05, 0) is 69.6 Å². The molecule has 0 saturated heterocycles. The van der Waals surface area contributed by atoms with E-state index in [0.29, 0.717) is 12.2 Å². The molecule has 124 valence electrons. The van der Waals surface area contributed by atoms with Gasteiger partial charge in [0.25, 0.3) is 0 Å². The second-order valence-corrected chi connectivity index (χ2v) is 6.97. The number of halogens is 1. The Morgan fingerprint density at radius 1 is 1.08 bits per heavy atom. The molecule has 0 aromatic heterocycles. The summed E-state index contributed by atoms with van der Waals surface area (Å²) in [6.45, 7) is 2.74. The van der Waals surface area contributed by atoms with E-state index < -0.39 is 0 Å². The highest BCUT2D eigenvalue weighted by molar-refractivity contribution is 14.1. The highest BCUT2D eigenvalue weighted by Crippen LogP contribution is 2.32. The molecule has 3 aromatic rings. The van der Waals surface area contributed by atoms with E-state index in [-0.39, 0.29) is 0 Å². The Balaban J connectivity index is 2.17. The van der Waals surface area contributed by atoms with Crippen LogP contribution >= 0.6 is 22.6 Å². The van der Waals surface area contributed by atoms with Crippen LogP contribution in [0.4, 0.5) is 0 Å². The molecule has 0 atom stereocenters. The van der Waals surface area contributed by atoms with E-state index in [9.17, 15) is 5.26 Å². The largest absolute Gasteiger partial charge is 0.493 e. The maximum absolute atomic E-state index is 9.69. The standard InChI is InChI=1S/C22H18INO/c1-2-13-25-22-12-9-17-5-3-4-6-20(17)21(22)14-18(15-24)16-7-10-19(23)11-8-16/h3-12,14H,2,13H2,1H3/b18-14+. The molecule has 0 N–H and O–H groups in total. The second kappa shape index (κ2) is 8.17. The number of fused-ring (bicyclic) bond motifs is 1. The van der Waals surface area contributed by atoms with Crippen LogP contribution in [0.5, 0.6) is 5.75 Å². The van der Waals surface area contributed by atoms with Gasteiger partial charge in [-0.15, -0.1) is 0 Å². The Bertz CT molecular complexity index is 952. The quantitative estimate of drug-likeness (QED) is 0.266. The van der Waals surface area contributed by atoms with Crippen molar-refractivity contribution in [2.24, 2.45) is 0 Å². The van der Waals surface area contributed by atoms with Crippen molar-refractivity contribution in [3.63, 3.8) is 0 Å². The van der Waals surface area contributed by atoms with Gasteiger partial charge in [0.1, 0.15) is 5.75 Å². The molecule has 0 unspecified atom stereocenters. The first-order valence-corrected chi connectivity index (χ1v) is 9.33. The van der Waals surface area contributed by atoms with Gasteiger partial charge in [-0.2, -0.15) is 5.26 Å². The monoisotopic (exact) mass is 439 g/mol. The summed E-state index contributed by atoms with van der Waals surface area (Å²) >= 11 is 2.27. The average molecular weight is 439 g/mol. The van der Waals surface area contributed by atoms with Crippen LogP contribution in [0, 0.1) is 14.9 Å². The molecular formula is C22H18INO. The lowest BCUT2D eigenvalue weighted by Crippen LogP contribution is -1.97. The molecule has 0 amide bonds. The Morgan fingerprint density at radius 3 is 2.56 bits per heavy atom. The molecule has 0 aliphatic heterocycles. The molecule has 0 aliphatic rings. The summed E-state index contributed by atoms with van der Waals surface area (Å²) in [5.41, 5.74) is 2.51. The summed E-state index contributed by atoms with van der Waals surface area (Å²) in [6.07, 6.45) is 2.88. The number of hydrogen-bond acceptors (Lipinski definition) is 2. The maximum Gasteiger partial charge on any atom is 0.127 e. The van der Waals surface area contributed by atoms with Crippen molar-refractivity contribution in [1.82, 2.24) is 0 Å². The number of rotatable bonds is 5. The van der Waals surface area contributed by atoms with Gasteiger partial charge < -0.3 is 4.74 Å². The molecule has 0 heterocycles. The Kier molecular flexibility index (Phi) is 5.72. The Morgan fingerprint density at radius 2 is 1.84 bits per heavy atom. The third-order valence-electron chi connectivity index (χ3n) is 3.96. The number of nitrogens with zero attached hydrogens (tertiary/aromatic N) is 1. The lowest BCUT2D eigenvalue weighted by Gasteiger charge is -2.12. The smallest absolute Gasteiger partial charge is 0.127 e. The van der Waals surface area contributed by atoms with Gasteiger partial charge in [0.2, 0.25) is 0 Å². The van der Waals surface area contributed by atoms with Crippen LogP contribution in [-0.4, -0.2) is 6.61 Å². The molecule has 0 bridgehead atoms. The Labute approximate surface area is 161 Å². The highest BCUT2D eigenvalue weighted by Gasteiger charge is 2.09. The van der Waals surface area contributed by atoms with Crippen molar-refractivity contribution >= 4 is 45.0 Å². The van der Waals surface area contributed by atoms with Gasteiger partial charge in [-0.25, -0.2) is 0 Å². The lowest BCUT2D eigenvalue weighted by atomic mass is 9.98. The number of benzene rings is 3. The molecule has 25 heavy (non-hydrogen) atoms. The molecular weight excluding hydrogens is 421 g/mol. The van der Waals surface area contributed by atoms with Crippen LogP contribution in [0.2, 0.25) is 0 Å². The summed E-state index contributed by atoms with van der Waals surface area (Å²) < 4.78 is 7.09. The van der Waals surface area contributed by atoms with Gasteiger partial charge in [0.05, 0.1) is 18.2 Å². The van der Waals surface area contributed by atoms with Gasteiger partial charge >= 0.3 is 0 Å². The van der Waals surface area contributed by atoms with E-state index in [1.54, 1.807) is 0 Å². The summed E-state index contributed by atoms with van der Waals surface area (Å²) in [4.78, 5) is 0. The van der Waals surface area contributed by atoms with Crippen LogP contribution < -0.4 is 4.74 Å². The van der Waals surface area contributed by atoms with Crippen molar-refractivity contribution in [3.05, 3.63) is 75.4 Å². The summed E-state index contributed by atoms with van der Waals surface area (Å²) in [5, 5.41) is 11.9. The van der Waals surface area contributed by atoms with Gasteiger partial charge in [-0.3, -0.25) is 0 Å². The van der Waals surface area contributed by atoms with Crippen LogP contribution in [-0.2, 0) is 0 Å². The van der Waals surface area contributed by atoms with Crippen molar-refractivity contribution in [1.29, 1.82) is 5.26 Å².